The second-order valence-electron chi connectivity index (χ2n) is 9.61. The molecule has 0 fully saturated rings. The van der Waals surface area contributed by atoms with Crippen LogP contribution in [0.4, 0.5) is 0 Å². The van der Waals surface area contributed by atoms with Crippen LogP contribution < -0.4 is 0 Å². The average Bonchev–Trinajstić information content (AvgIpc) is 2.75. The molecule has 0 aromatic carbocycles. The largest absolute Gasteiger partial charge is 0.481 e. The minimum Gasteiger partial charge on any atom is -0.481 e. The maximum Gasteiger partial charge on any atom is 0.307 e. The van der Waals surface area contributed by atoms with E-state index in [0.717, 1.165) is 25.7 Å². The lowest BCUT2D eigenvalue weighted by Gasteiger charge is -2.16. The Morgan fingerprint density at radius 3 is 1.36 bits per heavy atom. The van der Waals surface area contributed by atoms with Crippen molar-refractivity contribution in [1.82, 2.24) is 0 Å². The number of hydrogen-bond donors (Lipinski definition) is 1. The van der Waals surface area contributed by atoms with Crippen LogP contribution in [0.2, 0.25) is 0 Å². The summed E-state index contributed by atoms with van der Waals surface area (Å²) < 4.78 is 5.51. The second kappa shape index (κ2) is 27.5. The van der Waals surface area contributed by atoms with Gasteiger partial charge in [-0.05, 0) is 19.3 Å². The third kappa shape index (κ3) is 27.4. The molecule has 0 saturated carbocycles. The lowest BCUT2D eigenvalue weighted by Crippen LogP contribution is -2.21. The summed E-state index contributed by atoms with van der Waals surface area (Å²) in [6.45, 7) is 4.48. The highest BCUT2D eigenvalue weighted by atomic mass is 35.5. The molecule has 198 valence electrons. The van der Waals surface area contributed by atoms with E-state index >= 15 is 0 Å². The van der Waals surface area contributed by atoms with Crippen molar-refractivity contribution in [1.29, 1.82) is 0 Å². The summed E-state index contributed by atoms with van der Waals surface area (Å²) in [6.07, 6.45) is 25.4. The summed E-state index contributed by atoms with van der Waals surface area (Å²) in [5.74, 6) is -1.10. The Morgan fingerprint density at radius 1 is 0.606 bits per heavy atom. The van der Waals surface area contributed by atoms with Crippen molar-refractivity contribution in [3.8, 4) is 0 Å². The topological polar surface area (TPSA) is 63.6 Å². The Bertz CT molecular complexity index is 428. The van der Waals surface area contributed by atoms with Crippen LogP contribution in [0.5, 0.6) is 0 Å². The van der Waals surface area contributed by atoms with E-state index in [9.17, 15) is 9.59 Å². The van der Waals surface area contributed by atoms with Crippen LogP contribution in [0.25, 0.3) is 0 Å². The van der Waals surface area contributed by atoms with Gasteiger partial charge in [0.05, 0.1) is 6.42 Å². The van der Waals surface area contributed by atoms with E-state index in [0.29, 0.717) is 12.8 Å². The van der Waals surface area contributed by atoms with Crippen LogP contribution in [-0.4, -0.2) is 23.1 Å². The van der Waals surface area contributed by atoms with E-state index in [-0.39, 0.29) is 24.8 Å². The van der Waals surface area contributed by atoms with Gasteiger partial charge in [0.25, 0.3) is 0 Å². The molecular formula is C28H55ClO4. The monoisotopic (exact) mass is 490 g/mol. The van der Waals surface area contributed by atoms with Gasteiger partial charge in [0.2, 0.25) is 0 Å². The minimum absolute atomic E-state index is 0. The molecule has 0 amide bonds. The van der Waals surface area contributed by atoms with Gasteiger partial charge < -0.3 is 9.84 Å². The predicted molar refractivity (Wildman–Crippen MR) is 142 cm³/mol. The van der Waals surface area contributed by atoms with Crippen LogP contribution in [0.1, 0.15) is 162 Å². The van der Waals surface area contributed by atoms with Crippen molar-refractivity contribution >= 4 is 24.3 Å². The number of unbranched alkanes of at least 4 members (excludes halogenated alkanes) is 18. The highest BCUT2D eigenvalue weighted by Crippen LogP contribution is 2.16. The van der Waals surface area contributed by atoms with Crippen LogP contribution in [0.3, 0.4) is 0 Å². The zero-order valence-electron chi connectivity index (χ0n) is 21.9. The molecule has 0 saturated heterocycles. The number of aliphatic carboxylic acids is 1. The van der Waals surface area contributed by atoms with E-state index in [1.54, 1.807) is 0 Å². The molecule has 0 aromatic heterocycles. The molecule has 0 aromatic rings. The number of esters is 1. The molecule has 0 aliphatic rings. The summed E-state index contributed by atoms with van der Waals surface area (Å²) >= 11 is 0. The highest BCUT2D eigenvalue weighted by molar-refractivity contribution is 5.85. The van der Waals surface area contributed by atoms with Crippen molar-refractivity contribution in [2.45, 2.75) is 168 Å². The van der Waals surface area contributed by atoms with E-state index in [1.807, 2.05) is 0 Å². The highest BCUT2D eigenvalue weighted by Gasteiger charge is 2.17. The van der Waals surface area contributed by atoms with Crippen LogP contribution in [-0.2, 0) is 14.3 Å². The van der Waals surface area contributed by atoms with E-state index in [4.69, 9.17) is 9.84 Å². The first-order valence-corrected chi connectivity index (χ1v) is 14.0. The van der Waals surface area contributed by atoms with Crippen LogP contribution in [0.15, 0.2) is 0 Å². The summed E-state index contributed by atoms with van der Waals surface area (Å²) in [4.78, 5) is 23.3. The molecule has 0 aliphatic heterocycles. The van der Waals surface area contributed by atoms with E-state index in [1.165, 1.54) is 103 Å². The maximum absolute atomic E-state index is 12.1. The molecule has 0 rings (SSSR count). The summed E-state index contributed by atoms with van der Waals surface area (Å²) in [5.41, 5.74) is 0. The Morgan fingerprint density at radius 2 is 0.970 bits per heavy atom. The second-order valence-corrected chi connectivity index (χ2v) is 9.61. The molecule has 1 atom stereocenters. The molecule has 0 radical (unpaired) electrons. The van der Waals surface area contributed by atoms with Crippen LogP contribution >= 0.6 is 12.4 Å². The number of ether oxygens (including phenoxy) is 1. The third-order valence-corrected chi connectivity index (χ3v) is 6.31. The fourth-order valence-corrected chi connectivity index (χ4v) is 4.26. The lowest BCUT2D eigenvalue weighted by molar-refractivity contribution is -0.153. The molecule has 1 unspecified atom stereocenters. The molecule has 0 heterocycles. The minimum atomic E-state index is -0.881. The van der Waals surface area contributed by atoms with Crippen molar-refractivity contribution in [3.63, 3.8) is 0 Å². The van der Waals surface area contributed by atoms with Gasteiger partial charge in [-0.15, -0.1) is 12.4 Å². The summed E-state index contributed by atoms with van der Waals surface area (Å²) in [5, 5.41) is 9.13. The van der Waals surface area contributed by atoms with Gasteiger partial charge in [-0.25, -0.2) is 0 Å². The van der Waals surface area contributed by atoms with Gasteiger partial charge in [-0.2, -0.15) is 0 Å². The normalized spacial score (nSPS) is 11.7. The van der Waals surface area contributed by atoms with Gasteiger partial charge >= 0.3 is 11.9 Å². The zero-order valence-corrected chi connectivity index (χ0v) is 22.7. The molecule has 4 nitrogen and oxygen atoms in total. The molecule has 0 aliphatic carbocycles. The third-order valence-electron chi connectivity index (χ3n) is 6.31. The first kappa shape index (κ1) is 34.4. The smallest absolute Gasteiger partial charge is 0.307 e. The SMILES string of the molecule is CCCCCCCCCCCCCC(=O)OC(CCCCCCCCCCC)CC(=O)O.Cl. The molecule has 1 N–H and O–H groups in total. The maximum atomic E-state index is 12.1. The van der Waals surface area contributed by atoms with Gasteiger partial charge in [0, 0.05) is 6.42 Å². The number of hydrogen-bond acceptors (Lipinski definition) is 3. The fourth-order valence-electron chi connectivity index (χ4n) is 4.26. The average molecular weight is 491 g/mol. The van der Waals surface area contributed by atoms with E-state index < -0.39 is 12.1 Å². The Labute approximate surface area is 211 Å². The van der Waals surface area contributed by atoms with Crippen molar-refractivity contribution in [3.05, 3.63) is 0 Å². The number of halogens is 1. The zero-order chi connectivity index (χ0) is 23.7. The molecular weight excluding hydrogens is 436 g/mol. The summed E-state index contributed by atoms with van der Waals surface area (Å²) in [6, 6.07) is 0. The molecule has 5 heteroatoms. The lowest BCUT2D eigenvalue weighted by atomic mass is 10.0. The van der Waals surface area contributed by atoms with Crippen molar-refractivity contribution < 1.29 is 19.4 Å². The van der Waals surface area contributed by atoms with Gasteiger partial charge in [0.1, 0.15) is 6.10 Å². The van der Waals surface area contributed by atoms with Crippen molar-refractivity contribution in [2.75, 3.05) is 0 Å². The van der Waals surface area contributed by atoms with Gasteiger partial charge in [-0.1, -0.05) is 129 Å². The van der Waals surface area contributed by atoms with Crippen LogP contribution in [0, 0.1) is 0 Å². The Hall–Kier alpha value is -0.770. The number of carbonyl (C=O) groups is 2. The quantitative estimate of drug-likeness (QED) is 0.102. The van der Waals surface area contributed by atoms with E-state index in [2.05, 4.69) is 13.8 Å². The van der Waals surface area contributed by atoms with Gasteiger partial charge in [-0.3, -0.25) is 9.59 Å². The molecule has 0 bridgehead atoms. The first-order valence-electron chi connectivity index (χ1n) is 14.0. The number of carbonyl (C=O) groups excluding carboxylic acids is 1. The predicted octanol–water partition coefficient (Wildman–Crippen LogP) is 9.42. The Balaban J connectivity index is 0. The van der Waals surface area contributed by atoms with Crippen molar-refractivity contribution in [2.24, 2.45) is 0 Å². The molecule has 0 spiro atoms. The van der Waals surface area contributed by atoms with Gasteiger partial charge in [0.15, 0.2) is 0 Å². The fraction of sp³-hybridized carbons (Fsp3) is 0.929. The Kier molecular flexibility index (Phi) is 28.6. The summed E-state index contributed by atoms with van der Waals surface area (Å²) in [7, 11) is 0. The first-order chi connectivity index (χ1) is 15.6. The number of carboxylic acid groups (broad SMARTS) is 1. The molecule has 33 heavy (non-hydrogen) atoms. The number of carboxylic acids is 1. The standard InChI is InChI=1S/C28H54O4.ClH/c1-3-5-7-9-11-13-14-16-18-20-22-24-28(31)32-26(25-27(29)30)23-21-19-17-15-12-10-8-6-4-2;/h26H,3-25H2,1-2H3,(H,29,30);1H. The number of rotatable bonds is 25.